The molecule has 0 fully saturated rings. The molecule has 0 amide bonds. The van der Waals surface area contributed by atoms with Gasteiger partial charge in [-0.15, -0.1) is 0 Å². The zero-order valence-corrected chi connectivity index (χ0v) is 9.45. The van der Waals surface area contributed by atoms with Crippen molar-refractivity contribution in [3.05, 3.63) is 17.7 Å². The van der Waals surface area contributed by atoms with Crippen molar-refractivity contribution in [3.8, 4) is 0 Å². The van der Waals surface area contributed by atoms with Gasteiger partial charge >= 0.3 is 0 Å². The van der Waals surface area contributed by atoms with Crippen LogP contribution in [0.3, 0.4) is 0 Å². The van der Waals surface area contributed by atoms with Gasteiger partial charge in [0.05, 0.1) is 18.1 Å². The van der Waals surface area contributed by atoms with Gasteiger partial charge in [-0.1, -0.05) is 13.3 Å². The second-order valence-corrected chi connectivity index (χ2v) is 4.44. The first-order valence-corrected chi connectivity index (χ1v) is 6.02. The van der Waals surface area contributed by atoms with Crippen LogP contribution in [0, 0.1) is 0 Å². The zero-order chi connectivity index (χ0) is 10.7. The van der Waals surface area contributed by atoms with Gasteiger partial charge in [-0.2, -0.15) is 0 Å². The fraction of sp³-hybridized carbons (Fsp3) is 0.750. The van der Waals surface area contributed by atoms with Crippen LogP contribution in [0.15, 0.2) is 6.33 Å². The molecule has 0 aromatic carbocycles. The standard InChI is InChI=1S/C12H20N2O/c1-2-5-10(15)8-14-9-13-11-6-3-4-7-12(11)14/h9-10,15H,2-8H2,1H3. The van der Waals surface area contributed by atoms with E-state index < -0.39 is 0 Å². The second-order valence-electron chi connectivity index (χ2n) is 4.44. The lowest BCUT2D eigenvalue weighted by atomic mass is 10.0. The van der Waals surface area contributed by atoms with Gasteiger partial charge < -0.3 is 9.67 Å². The van der Waals surface area contributed by atoms with Crippen LogP contribution in [0.2, 0.25) is 0 Å². The summed E-state index contributed by atoms with van der Waals surface area (Å²) in [7, 11) is 0. The Bertz CT molecular complexity index is 319. The highest BCUT2D eigenvalue weighted by Gasteiger charge is 2.16. The number of hydrogen-bond acceptors (Lipinski definition) is 2. The molecular formula is C12H20N2O. The van der Waals surface area contributed by atoms with Gasteiger partial charge in [0.15, 0.2) is 0 Å². The molecule has 0 spiro atoms. The Labute approximate surface area is 91.1 Å². The number of rotatable bonds is 4. The summed E-state index contributed by atoms with van der Waals surface area (Å²) >= 11 is 0. The van der Waals surface area contributed by atoms with Crippen molar-refractivity contribution < 1.29 is 5.11 Å². The largest absolute Gasteiger partial charge is 0.391 e. The van der Waals surface area contributed by atoms with Gasteiger partial charge in [0.1, 0.15) is 0 Å². The molecular weight excluding hydrogens is 188 g/mol. The molecule has 0 radical (unpaired) electrons. The molecule has 0 saturated carbocycles. The molecule has 1 aromatic heterocycles. The maximum absolute atomic E-state index is 9.77. The number of imidazole rings is 1. The summed E-state index contributed by atoms with van der Waals surface area (Å²) in [5.41, 5.74) is 2.61. The van der Waals surface area contributed by atoms with E-state index in [-0.39, 0.29) is 6.10 Å². The van der Waals surface area contributed by atoms with E-state index in [1.807, 2.05) is 6.33 Å². The first kappa shape index (κ1) is 10.7. The maximum atomic E-state index is 9.77. The van der Waals surface area contributed by atoms with E-state index in [2.05, 4.69) is 16.5 Å². The Kier molecular flexibility index (Phi) is 3.41. The van der Waals surface area contributed by atoms with Gasteiger partial charge in [-0.05, 0) is 32.1 Å². The Morgan fingerprint density at radius 2 is 2.27 bits per heavy atom. The summed E-state index contributed by atoms with van der Waals surface area (Å²) in [5.74, 6) is 0. The smallest absolute Gasteiger partial charge is 0.0952 e. The number of nitrogens with zero attached hydrogens (tertiary/aromatic N) is 2. The van der Waals surface area contributed by atoms with Crippen molar-refractivity contribution in [1.29, 1.82) is 0 Å². The average molecular weight is 208 g/mol. The molecule has 1 unspecified atom stereocenters. The molecule has 3 nitrogen and oxygen atoms in total. The SMILES string of the molecule is CCCC(O)Cn1cnc2c1CCCC2. The molecule has 0 bridgehead atoms. The van der Waals surface area contributed by atoms with Gasteiger partial charge in [0.2, 0.25) is 0 Å². The van der Waals surface area contributed by atoms with Gasteiger partial charge in [0.25, 0.3) is 0 Å². The minimum Gasteiger partial charge on any atom is -0.391 e. The molecule has 0 aliphatic heterocycles. The Morgan fingerprint density at radius 1 is 1.47 bits per heavy atom. The Hall–Kier alpha value is -0.830. The maximum Gasteiger partial charge on any atom is 0.0952 e. The van der Waals surface area contributed by atoms with E-state index in [1.54, 1.807) is 0 Å². The number of aromatic nitrogens is 2. The molecule has 2 rings (SSSR count). The fourth-order valence-corrected chi connectivity index (χ4v) is 2.34. The van der Waals surface area contributed by atoms with Crippen LogP contribution in [0.4, 0.5) is 0 Å². The van der Waals surface area contributed by atoms with Crippen molar-refractivity contribution in [1.82, 2.24) is 9.55 Å². The van der Waals surface area contributed by atoms with Gasteiger partial charge in [-0.3, -0.25) is 0 Å². The minimum absolute atomic E-state index is 0.213. The summed E-state index contributed by atoms with van der Waals surface area (Å²) in [6, 6.07) is 0. The molecule has 0 saturated heterocycles. The lowest BCUT2D eigenvalue weighted by Gasteiger charge is -2.16. The van der Waals surface area contributed by atoms with Crippen LogP contribution >= 0.6 is 0 Å². The molecule has 1 N–H and O–H groups in total. The number of hydrogen-bond donors (Lipinski definition) is 1. The van der Waals surface area contributed by atoms with Crippen LogP contribution in [0.1, 0.15) is 44.0 Å². The summed E-state index contributed by atoms with van der Waals surface area (Å²) < 4.78 is 2.15. The van der Waals surface area contributed by atoms with E-state index in [0.717, 1.165) is 32.2 Å². The third-order valence-corrected chi connectivity index (χ3v) is 3.14. The predicted octanol–water partition coefficient (Wildman–Crippen LogP) is 1.92. The van der Waals surface area contributed by atoms with Crippen molar-refractivity contribution in [2.45, 2.75) is 58.1 Å². The number of aliphatic hydroxyl groups excluding tert-OH is 1. The summed E-state index contributed by atoms with van der Waals surface area (Å²) in [5, 5.41) is 9.77. The first-order chi connectivity index (χ1) is 7.31. The van der Waals surface area contributed by atoms with Crippen LogP contribution < -0.4 is 0 Å². The third kappa shape index (κ3) is 2.40. The van der Waals surface area contributed by atoms with Crippen molar-refractivity contribution in [3.63, 3.8) is 0 Å². The number of aliphatic hydroxyl groups is 1. The third-order valence-electron chi connectivity index (χ3n) is 3.14. The quantitative estimate of drug-likeness (QED) is 0.821. The van der Waals surface area contributed by atoms with Crippen molar-refractivity contribution >= 4 is 0 Å². The topological polar surface area (TPSA) is 38.0 Å². The van der Waals surface area contributed by atoms with Gasteiger partial charge in [0, 0.05) is 12.2 Å². The molecule has 15 heavy (non-hydrogen) atoms. The highest BCUT2D eigenvalue weighted by molar-refractivity contribution is 5.16. The second kappa shape index (κ2) is 4.79. The van der Waals surface area contributed by atoms with Crippen molar-refractivity contribution in [2.24, 2.45) is 0 Å². The highest BCUT2D eigenvalue weighted by atomic mass is 16.3. The Balaban J connectivity index is 2.05. The predicted molar refractivity (Wildman–Crippen MR) is 59.8 cm³/mol. The Morgan fingerprint density at radius 3 is 3.07 bits per heavy atom. The van der Waals surface area contributed by atoms with Gasteiger partial charge in [-0.25, -0.2) is 4.98 Å². The van der Waals surface area contributed by atoms with Crippen molar-refractivity contribution in [2.75, 3.05) is 0 Å². The van der Waals surface area contributed by atoms with E-state index in [9.17, 15) is 5.11 Å². The lowest BCUT2D eigenvalue weighted by Crippen LogP contribution is -2.18. The molecule has 1 aliphatic rings. The van der Waals surface area contributed by atoms with E-state index in [4.69, 9.17) is 0 Å². The summed E-state index contributed by atoms with van der Waals surface area (Å²) in [6.07, 6.45) is 8.39. The van der Waals surface area contributed by atoms with E-state index >= 15 is 0 Å². The molecule has 1 aromatic rings. The monoisotopic (exact) mass is 208 g/mol. The summed E-state index contributed by atoms with van der Waals surface area (Å²) in [4.78, 5) is 4.42. The van der Waals surface area contributed by atoms with Crippen LogP contribution in [0.25, 0.3) is 0 Å². The molecule has 3 heteroatoms. The average Bonchev–Trinajstić information content (AvgIpc) is 2.62. The summed E-state index contributed by atoms with van der Waals surface area (Å²) in [6.45, 7) is 2.82. The van der Waals surface area contributed by atoms with E-state index in [1.165, 1.54) is 24.2 Å². The van der Waals surface area contributed by atoms with Crippen LogP contribution in [-0.4, -0.2) is 20.8 Å². The van der Waals surface area contributed by atoms with Crippen LogP contribution in [-0.2, 0) is 19.4 Å². The number of fused-ring (bicyclic) bond motifs is 1. The normalized spacial score (nSPS) is 17.5. The highest BCUT2D eigenvalue weighted by Crippen LogP contribution is 2.20. The minimum atomic E-state index is -0.213. The molecule has 1 atom stereocenters. The molecule has 1 aliphatic carbocycles. The number of aryl methyl sites for hydroxylation is 1. The lowest BCUT2D eigenvalue weighted by molar-refractivity contribution is 0.142. The first-order valence-electron chi connectivity index (χ1n) is 6.02. The molecule has 1 heterocycles. The zero-order valence-electron chi connectivity index (χ0n) is 9.45. The molecule has 84 valence electrons. The van der Waals surface area contributed by atoms with E-state index in [0.29, 0.717) is 0 Å². The fourth-order valence-electron chi connectivity index (χ4n) is 2.34. The van der Waals surface area contributed by atoms with Crippen LogP contribution in [0.5, 0.6) is 0 Å².